The third-order valence-electron chi connectivity index (χ3n) is 6.34. The van der Waals surface area contributed by atoms with Crippen molar-refractivity contribution in [1.29, 1.82) is 0 Å². The number of anilines is 2. The Morgan fingerprint density at radius 1 is 1.14 bits per heavy atom. The maximum atomic E-state index is 13.1. The highest BCUT2D eigenvalue weighted by Crippen LogP contribution is 2.31. The SMILES string of the molecule is Cc1csc(N2CCN(C(=O)[C@@H]3CC(=O)N(c4ccc5c(c4)CCC5)C3)CC2)n1. The van der Waals surface area contributed by atoms with Gasteiger partial charge in [-0.1, -0.05) is 6.07 Å². The molecule has 2 aliphatic heterocycles. The molecule has 2 fully saturated rings. The number of fused-ring (bicyclic) bond motifs is 1. The lowest BCUT2D eigenvalue weighted by molar-refractivity contribution is -0.136. The highest BCUT2D eigenvalue weighted by molar-refractivity contribution is 7.13. The molecule has 3 heterocycles. The molecule has 0 N–H and O–H groups in total. The summed E-state index contributed by atoms with van der Waals surface area (Å²) < 4.78 is 0. The monoisotopic (exact) mass is 410 g/mol. The van der Waals surface area contributed by atoms with E-state index in [0.717, 1.165) is 42.4 Å². The lowest BCUT2D eigenvalue weighted by Gasteiger charge is -2.35. The van der Waals surface area contributed by atoms with E-state index in [-0.39, 0.29) is 17.7 Å². The average Bonchev–Trinajstić information content (AvgIpc) is 3.46. The fourth-order valence-corrected chi connectivity index (χ4v) is 5.57. The maximum absolute atomic E-state index is 13.1. The van der Waals surface area contributed by atoms with Crippen LogP contribution in [0.5, 0.6) is 0 Å². The van der Waals surface area contributed by atoms with Crippen LogP contribution in [0.15, 0.2) is 23.6 Å². The first-order valence-corrected chi connectivity index (χ1v) is 11.3. The van der Waals surface area contributed by atoms with E-state index in [9.17, 15) is 9.59 Å². The Labute approximate surface area is 175 Å². The predicted octanol–water partition coefficient (Wildman–Crippen LogP) is 2.64. The number of hydrogen-bond acceptors (Lipinski definition) is 5. The van der Waals surface area contributed by atoms with Crippen molar-refractivity contribution >= 4 is 34.0 Å². The van der Waals surface area contributed by atoms with Crippen LogP contribution >= 0.6 is 11.3 Å². The van der Waals surface area contributed by atoms with Crippen molar-refractivity contribution in [2.75, 3.05) is 42.5 Å². The van der Waals surface area contributed by atoms with Crippen molar-refractivity contribution in [1.82, 2.24) is 9.88 Å². The first kappa shape index (κ1) is 18.6. The van der Waals surface area contributed by atoms with E-state index in [1.54, 1.807) is 11.3 Å². The number of thiazole rings is 1. The third-order valence-corrected chi connectivity index (χ3v) is 7.36. The number of rotatable bonds is 3. The summed E-state index contributed by atoms with van der Waals surface area (Å²) in [6, 6.07) is 6.35. The van der Waals surface area contributed by atoms with Gasteiger partial charge in [-0.15, -0.1) is 11.3 Å². The van der Waals surface area contributed by atoms with E-state index in [2.05, 4.69) is 27.4 Å². The van der Waals surface area contributed by atoms with Crippen molar-refractivity contribution in [2.24, 2.45) is 5.92 Å². The van der Waals surface area contributed by atoms with Crippen LogP contribution in [0.4, 0.5) is 10.8 Å². The van der Waals surface area contributed by atoms with Gasteiger partial charge in [0.2, 0.25) is 11.8 Å². The second-order valence-corrected chi connectivity index (χ2v) is 9.13. The minimum Gasteiger partial charge on any atom is -0.345 e. The fourth-order valence-electron chi connectivity index (χ4n) is 4.71. The highest BCUT2D eigenvalue weighted by Gasteiger charge is 2.38. The molecule has 0 saturated carbocycles. The van der Waals surface area contributed by atoms with Crippen LogP contribution in [0.25, 0.3) is 0 Å². The second-order valence-electron chi connectivity index (χ2n) is 8.30. The van der Waals surface area contributed by atoms with Crippen molar-refractivity contribution in [3.05, 3.63) is 40.4 Å². The molecule has 2 saturated heterocycles. The van der Waals surface area contributed by atoms with Gasteiger partial charge in [0.15, 0.2) is 5.13 Å². The van der Waals surface area contributed by atoms with E-state index >= 15 is 0 Å². The minimum absolute atomic E-state index is 0.0678. The molecule has 5 rings (SSSR count). The molecule has 0 radical (unpaired) electrons. The molecular formula is C22H26N4O2S. The number of amides is 2. The molecule has 0 spiro atoms. The first-order valence-electron chi connectivity index (χ1n) is 10.5. The Bertz CT molecular complexity index is 948. The van der Waals surface area contributed by atoms with Crippen LogP contribution in [-0.2, 0) is 22.4 Å². The maximum Gasteiger partial charge on any atom is 0.228 e. The number of aryl methyl sites for hydroxylation is 3. The van der Waals surface area contributed by atoms with E-state index in [1.807, 2.05) is 22.8 Å². The van der Waals surface area contributed by atoms with E-state index < -0.39 is 0 Å². The zero-order valence-electron chi connectivity index (χ0n) is 16.8. The summed E-state index contributed by atoms with van der Waals surface area (Å²) in [5, 5.41) is 3.10. The molecule has 1 aromatic heterocycles. The van der Waals surface area contributed by atoms with Gasteiger partial charge in [-0.25, -0.2) is 4.98 Å². The standard InChI is InChI=1S/C22H26N4O2S/c1-15-14-29-22(23-15)25-9-7-24(8-10-25)21(28)18-12-20(27)26(13-18)19-6-5-16-3-2-4-17(16)11-19/h5-6,11,14,18H,2-4,7-10,12-13H2,1H3/t18-/m1/s1. The molecule has 6 nitrogen and oxygen atoms in total. The Kier molecular flexibility index (Phi) is 4.78. The lowest BCUT2D eigenvalue weighted by Crippen LogP contribution is -2.50. The average molecular weight is 411 g/mol. The number of nitrogens with zero attached hydrogens (tertiary/aromatic N) is 4. The molecule has 2 aromatic rings. The van der Waals surface area contributed by atoms with E-state index in [0.29, 0.717) is 26.1 Å². The van der Waals surface area contributed by atoms with Gasteiger partial charge in [-0.3, -0.25) is 9.59 Å². The number of carbonyl (C=O) groups is 2. The Hall–Kier alpha value is -2.41. The van der Waals surface area contributed by atoms with Crippen LogP contribution in [0.1, 0.15) is 29.7 Å². The second kappa shape index (κ2) is 7.44. The van der Waals surface area contributed by atoms with Gasteiger partial charge >= 0.3 is 0 Å². The Balaban J connectivity index is 1.22. The van der Waals surface area contributed by atoms with Crippen molar-refractivity contribution in [2.45, 2.75) is 32.6 Å². The molecule has 3 aliphatic rings. The van der Waals surface area contributed by atoms with E-state index in [1.165, 1.54) is 17.5 Å². The third kappa shape index (κ3) is 3.52. The zero-order chi connectivity index (χ0) is 20.0. The quantitative estimate of drug-likeness (QED) is 0.781. The van der Waals surface area contributed by atoms with Crippen LogP contribution in [0.3, 0.4) is 0 Å². The summed E-state index contributed by atoms with van der Waals surface area (Å²) in [5.41, 5.74) is 4.76. The molecule has 152 valence electrons. The highest BCUT2D eigenvalue weighted by atomic mass is 32.1. The van der Waals surface area contributed by atoms with Crippen LogP contribution < -0.4 is 9.80 Å². The fraction of sp³-hybridized carbons (Fsp3) is 0.500. The minimum atomic E-state index is -0.232. The smallest absolute Gasteiger partial charge is 0.228 e. The van der Waals surface area contributed by atoms with Crippen molar-refractivity contribution < 1.29 is 9.59 Å². The van der Waals surface area contributed by atoms with Gasteiger partial charge in [-0.05, 0) is 49.4 Å². The molecule has 2 amide bonds. The Morgan fingerprint density at radius 3 is 2.69 bits per heavy atom. The summed E-state index contributed by atoms with van der Waals surface area (Å²) in [6.45, 7) is 5.50. The summed E-state index contributed by atoms with van der Waals surface area (Å²) in [5.74, 6) is -0.0421. The largest absolute Gasteiger partial charge is 0.345 e. The van der Waals surface area contributed by atoms with Gasteiger partial charge in [0.1, 0.15) is 0 Å². The predicted molar refractivity (Wildman–Crippen MR) is 115 cm³/mol. The van der Waals surface area contributed by atoms with Gasteiger partial charge in [-0.2, -0.15) is 0 Å². The zero-order valence-corrected chi connectivity index (χ0v) is 17.6. The summed E-state index contributed by atoms with van der Waals surface area (Å²) in [6.07, 6.45) is 3.75. The number of aromatic nitrogens is 1. The van der Waals surface area contributed by atoms with Gasteiger partial charge in [0, 0.05) is 50.2 Å². The number of piperazine rings is 1. The molecule has 1 aromatic carbocycles. The van der Waals surface area contributed by atoms with Gasteiger partial charge in [0.05, 0.1) is 11.6 Å². The number of carbonyl (C=O) groups excluding carboxylic acids is 2. The molecular weight excluding hydrogens is 384 g/mol. The Morgan fingerprint density at radius 2 is 1.93 bits per heavy atom. The van der Waals surface area contributed by atoms with Crippen molar-refractivity contribution in [3.63, 3.8) is 0 Å². The molecule has 0 bridgehead atoms. The van der Waals surface area contributed by atoms with Crippen LogP contribution in [-0.4, -0.2) is 54.4 Å². The number of benzene rings is 1. The van der Waals surface area contributed by atoms with Crippen LogP contribution in [0.2, 0.25) is 0 Å². The van der Waals surface area contributed by atoms with Gasteiger partial charge < -0.3 is 14.7 Å². The molecule has 29 heavy (non-hydrogen) atoms. The molecule has 1 atom stereocenters. The topological polar surface area (TPSA) is 56.8 Å². The lowest BCUT2D eigenvalue weighted by atomic mass is 10.1. The van der Waals surface area contributed by atoms with Gasteiger partial charge in [0.25, 0.3) is 0 Å². The molecule has 0 unspecified atom stereocenters. The van der Waals surface area contributed by atoms with E-state index in [4.69, 9.17) is 0 Å². The normalized spacial score (nSPS) is 21.8. The number of hydrogen-bond donors (Lipinski definition) is 0. The molecule has 1 aliphatic carbocycles. The summed E-state index contributed by atoms with van der Waals surface area (Å²) >= 11 is 1.66. The van der Waals surface area contributed by atoms with Crippen LogP contribution in [0, 0.1) is 12.8 Å². The summed E-state index contributed by atoms with van der Waals surface area (Å²) in [7, 11) is 0. The van der Waals surface area contributed by atoms with Crippen molar-refractivity contribution in [3.8, 4) is 0 Å². The summed E-state index contributed by atoms with van der Waals surface area (Å²) in [4.78, 5) is 36.3. The first-order chi connectivity index (χ1) is 14.1. The molecule has 7 heteroatoms.